The summed E-state index contributed by atoms with van der Waals surface area (Å²) in [6, 6.07) is 16.2. The van der Waals surface area contributed by atoms with Crippen molar-refractivity contribution in [3.05, 3.63) is 79.0 Å². The van der Waals surface area contributed by atoms with Crippen LogP contribution in [0.25, 0.3) is 55.8 Å². The highest BCUT2D eigenvalue weighted by Gasteiger charge is 2.17. The fourth-order valence-corrected chi connectivity index (χ4v) is 4.62. The van der Waals surface area contributed by atoms with Gasteiger partial charge < -0.3 is 15.4 Å². The number of aromatic amines is 2. The summed E-state index contributed by atoms with van der Waals surface area (Å²) in [7, 11) is 0. The molecule has 0 fully saturated rings. The van der Waals surface area contributed by atoms with Gasteiger partial charge in [-0.15, -0.1) is 0 Å². The number of aliphatic hydroxyl groups excluding tert-OH is 1. The lowest BCUT2D eigenvalue weighted by Crippen LogP contribution is -2.18. The fourth-order valence-electron chi connectivity index (χ4n) is 4.62. The number of aromatic nitrogens is 6. The summed E-state index contributed by atoms with van der Waals surface area (Å²) < 4.78 is 14.6. The SMILES string of the molecule is CCCCC(O)Nc1cncc(-c2cc3c(-c4nc5c(-c6ccccc6F)cccc5[nH]4)n[nH]c3cn2)c1. The summed E-state index contributed by atoms with van der Waals surface area (Å²) in [5.41, 5.74) is 6.29. The molecule has 0 aliphatic heterocycles. The summed E-state index contributed by atoms with van der Waals surface area (Å²) in [5, 5.41) is 21.7. The van der Waals surface area contributed by atoms with Crippen LogP contribution in [0.15, 0.2) is 73.2 Å². The molecule has 0 saturated heterocycles. The van der Waals surface area contributed by atoms with Crippen molar-refractivity contribution in [3.8, 4) is 33.9 Å². The minimum Gasteiger partial charge on any atom is -0.374 e. The Kier molecular flexibility index (Phi) is 6.27. The maximum atomic E-state index is 14.6. The average Bonchev–Trinajstić information content (AvgIpc) is 3.56. The molecule has 0 spiro atoms. The van der Waals surface area contributed by atoms with Gasteiger partial charge in [-0.3, -0.25) is 15.1 Å². The first-order chi connectivity index (χ1) is 18.6. The third-order valence-corrected chi connectivity index (χ3v) is 6.55. The van der Waals surface area contributed by atoms with Gasteiger partial charge in [0.15, 0.2) is 5.82 Å². The Hall–Kier alpha value is -4.63. The maximum Gasteiger partial charge on any atom is 0.159 e. The van der Waals surface area contributed by atoms with Gasteiger partial charge in [0.25, 0.3) is 0 Å². The van der Waals surface area contributed by atoms with E-state index < -0.39 is 6.23 Å². The number of hydrogen-bond acceptors (Lipinski definition) is 6. The van der Waals surface area contributed by atoms with E-state index >= 15 is 0 Å². The number of imidazole rings is 1. The topological polar surface area (TPSA) is 115 Å². The minimum atomic E-state index is -0.634. The Morgan fingerprint density at radius 1 is 1.00 bits per heavy atom. The van der Waals surface area contributed by atoms with Crippen molar-refractivity contribution in [3.63, 3.8) is 0 Å². The fraction of sp³-hybridized carbons (Fsp3) is 0.172. The molecule has 0 bridgehead atoms. The zero-order valence-electron chi connectivity index (χ0n) is 20.7. The van der Waals surface area contributed by atoms with Crippen molar-refractivity contribution in [2.45, 2.75) is 32.4 Å². The second-order valence-corrected chi connectivity index (χ2v) is 9.22. The number of pyridine rings is 2. The molecule has 6 aromatic rings. The molecule has 4 aromatic heterocycles. The van der Waals surface area contributed by atoms with E-state index in [1.807, 2.05) is 36.4 Å². The van der Waals surface area contributed by atoms with Crippen LogP contribution in [0.1, 0.15) is 26.2 Å². The van der Waals surface area contributed by atoms with Crippen LogP contribution in [-0.4, -0.2) is 41.5 Å². The zero-order chi connectivity index (χ0) is 26.1. The van der Waals surface area contributed by atoms with Gasteiger partial charge in [-0.05, 0) is 37.1 Å². The molecule has 38 heavy (non-hydrogen) atoms. The number of H-pyrrole nitrogens is 2. The zero-order valence-corrected chi connectivity index (χ0v) is 20.7. The van der Waals surface area contributed by atoms with E-state index in [-0.39, 0.29) is 5.82 Å². The number of benzene rings is 2. The monoisotopic (exact) mass is 507 g/mol. The van der Waals surface area contributed by atoms with Crippen molar-refractivity contribution in [1.29, 1.82) is 0 Å². The lowest BCUT2D eigenvalue weighted by Gasteiger charge is -2.14. The van der Waals surface area contributed by atoms with Crippen molar-refractivity contribution in [2.75, 3.05) is 5.32 Å². The van der Waals surface area contributed by atoms with E-state index in [4.69, 9.17) is 4.98 Å². The van der Waals surface area contributed by atoms with Crippen LogP contribution < -0.4 is 5.32 Å². The summed E-state index contributed by atoms with van der Waals surface area (Å²) in [5.74, 6) is 0.272. The predicted molar refractivity (Wildman–Crippen MR) is 147 cm³/mol. The molecule has 4 heterocycles. The quantitative estimate of drug-likeness (QED) is 0.180. The van der Waals surface area contributed by atoms with E-state index in [1.165, 1.54) is 6.07 Å². The largest absolute Gasteiger partial charge is 0.374 e. The molecule has 0 radical (unpaired) electrons. The molecule has 0 aliphatic carbocycles. The summed E-state index contributed by atoms with van der Waals surface area (Å²) in [4.78, 5) is 17.1. The van der Waals surface area contributed by atoms with Gasteiger partial charge in [-0.2, -0.15) is 5.10 Å². The molecule has 1 unspecified atom stereocenters. The molecule has 9 heteroatoms. The predicted octanol–water partition coefficient (Wildman–Crippen LogP) is 6.29. The van der Waals surface area contributed by atoms with Crippen molar-refractivity contribution >= 4 is 27.6 Å². The number of nitrogens with zero attached hydrogens (tertiary/aromatic N) is 4. The number of anilines is 1. The molecule has 0 amide bonds. The number of hydrogen-bond donors (Lipinski definition) is 4. The second kappa shape index (κ2) is 10.0. The number of para-hydroxylation sites is 1. The molecular formula is C29H26FN7O. The first-order valence-corrected chi connectivity index (χ1v) is 12.6. The molecule has 8 nitrogen and oxygen atoms in total. The molecule has 190 valence electrons. The van der Waals surface area contributed by atoms with Crippen molar-refractivity contribution in [1.82, 2.24) is 30.1 Å². The summed E-state index contributed by atoms with van der Waals surface area (Å²) in [6.07, 6.45) is 7.13. The Balaban J connectivity index is 1.37. The molecule has 1 atom stereocenters. The standard InChI is InChI=1S/C29H26FN7O/c1-2-3-11-26(38)33-18-12-17(14-31-15-18)24-13-21-25(16-32-24)36-37-28(21)29-34-23-10-6-8-20(27(23)35-29)19-7-4-5-9-22(19)30/h4-10,12-16,26,33,38H,2-3,11H2,1H3,(H,34,35)(H,36,37). The average molecular weight is 508 g/mol. The Bertz CT molecular complexity index is 1740. The molecule has 0 aliphatic rings. The third kappa shape index (κ3) is 4.48. The van der Waals surface area contributed by atoms with Gasteiger partial charge in [-0.1, -0.05) is 43.7 Å². The highest BCUT2D eigenvalue weighted by atomic mass is 19.1. The lowest BCUT2D eigenvalue weighted by atomic mass is 10.0. The van der Waals surface area contributed by atoms with Crippen LogP contribution in [0.4, 0.5) is 10.1 Å². The summed E-state index contributed by atoms with van der Waals surface area (Å²) in [6.45, 7) is 2.09. The third-order valence-electron chi connectivity index (χ3n) is 6.55. The highest BCUT2D eigenvalue weighted by molar-refractivity contribution is 5.97. The van der Waals surface area contributed by atoms with E-state index in [0.717, 1.165) is 40.5 Å². The molecule has 0 saturated carbocycles. The molecule has 6 rings (SSSR count). The van der Waals surface area contributed by atoms with Crippen LogP contribution in [0.3, 0.4) is 0 Å². The van der Waals surface area contributed by atoms with E-state index in [9.17, 15) is 9.50 Å². The van der Waals surface area contributed by atoms with Crippen LogP contribution in [0.2, 0.25) is 0 Å². The van der Waals surface area contributed by atoms with Crippen LogP contribution in [-0.2, 0) is 0 Å². The van der Waals surface area contributed by atoms with Gasteiger partial charge in [-0.25, -0.2) is 9.37 Å². The van der Waals surface area contributed by atoms with Gasteiger partial charge in [0.1, 0.15) is 17.7 Å². The number of fused-ring (bicyclic) bond motifs is 2. The number of rotatable bonds is 8. The first-order valence-electron chi connectivity index (χ1n) is 12.6. The minimum absolute atomic E-state index is 0.298. The smallest absolute Gasteiger partial charge is 0.159 e. The van der Waals surface area contributed by atoms with Gasteiger partial charge in [0.2, 0.25) is 0 Å². The Morgan fingerprint density at radius 2 is 1.87 bits per heavy atom. The number of nitrogens with one attached hydrogen (secondary N) is 3. The van der Waals surface area contributed by atoms with E-state index in [1.54, 1.807) is 30.7 Å². The first kappa shape index (κ1) is 23.7. The van der Waals surface area contributed by atoms with Crippen molar-refractivity contribution in [2.24, 2.45) is 0 Å². The summed E-state index contributed by atoms with van der Waals surface area (Å²) >= 11 is 0. The van der Waals surface area contributed by atoms with Gasteiger partial charge in [0, 0.05) is 28.3 Å². The van der Waals surface area contributed by atoms with Crippen LogP contribution >= 0.6 is 0 Å². The normalized spacial score (nSPS) is 12.3. The second-order valence-electron chi connectivity index (χ2n) is 9.22. The molecule has 4 N–H and O–H groups in total. The van der Waals surface area contributed by atoms with E-state index in [0.29, 0.717) is 40.3 Å². The van der Waals surface area contributed by atoms with E-state index in [2.05, 4.69) is 37.4 Å². The number of unbranched alkanes of at least 4 members (excludes halogenated alkanes) is 1. The molecular weight excluding hydrogens is 481 g/mol. The Labute approximate surface area is 218 Å². The number of halogens is 1. The van der Waals surface area contributed by atoms with Gasteiger partial charge >= 0.3 is 0 Å². The van der Waals surface area contributed by atoms with Gasteiger partial charge in [0.05, 0.1) is 40.3 Å². The maximum absolute atomic E-state index is 14.6. The Morgan fingerprint density at radius 3 is 2.74 bits per heavy atom. The van der Waals surface area contributed by atoms with Crippen LogP contribution in [0, 0.1) is 5.82 Å². The van der Waals surface area contributed by atoms with Crippen LogP contribution in [0.5, 0.6) is 0 Å². The van der Waals surface area contributed by atoms with Crippen molar-refractivity contribution < 1.29 is 9.50 Å². The highest BCUT2D eigenvalue weighted by Crippen LogP contribution is 2.33. The lowest BCUT2D eigenvalue weighted by molar-refractivity contribution is 0.190. The number of aliphatic hydroxyl groups is 1. The molecule has 2 aromatic carbocycles.